The van der Waals surface area contributed by atoms with Gasteiger partial charge in [0.05, 0.1) is 24.2 Å². The molecule has 1 aliphatic heterocycles. The number of anilines is 1. The van der Waals surface area contributed by atoms with E-state index in [4.69, 9.17) is 4.74 Å². The number of carbonyl (C=O) groups is 2. The minimum atomic E-state index is -3.22. The van der Waals surface area contributed by atoms with Crippen molar-refractivity contribution >= 4 is 33.0 Å². The molecule has 232 valence electrons. The van der Waals surface area contributed by atoms with Gasteiger partial charge in [0, 0.05) is 69.1 Å². The third-order valence-corrected chi connectivity index (χ3v) is 9.15. The van der Waals surface area contributed by atoms with E-state index in [0.29, 0.717) is 16.9 Å². The fourth-order valence-electron chi connectivity index (χ4n) is 5.14. The zero-order valence-electron chi connectivity index (χ0n) is 23.9. The number of halogens is 2. The Morgan fingerprint density at radius 2 is 1.73 bits per heavy atom. The van der Waals surface area contributed by atoms with Crippen molar-refractivity contribution in [3.63, 3.8) is 0 Å². The summed E-state index contributed by atoms with van der Waals surface area (Å²) in [6, 6.07) is 3.69. The number of benzene rings is 1. The number of ether oxygens (including phenoxy) is 1. The number of aryl methyl sites for hydroxylation is 1. The minimum absolute atomic E-state index is 0.0512. The topological polar surface area (TPSA) is 154 Å². The van der Waals surface area contributed by atoms with Gasteiger partial charge in [-0.05, 0) is 24.3 Å². The fraction of sp³-hybridized carbons (Fsp3) is 0.321. The lowest BCUT2D eigenvalue weighted by Gasteiger charge is -2.29. The van der Waals surface area contributed by atoms with Gasteiger partial charge in [0.2, 0.25) is 0 Å². The van der Waals surface area contributed by atoms with Crippen LogP contribution in [0.4, 0.5) is 14.5 Å². The molecule has 1 amide bonds. The number of pyridine rings is 1. The first kappa shape index (κ1) is 30.6. The normalized spacial score (nSPS) is 15.2. The largest absolute Gasteiger partial charge is 0.467 e. The average molecular weight is 631 g/mol. The molecule has 1 N–H and O–H groups in total. The molecule has 4 heterocycles. The van der Waals surface area contributed by atoms with E-state index in [2.05, 4.69) is 10.3 Å². The van der Waals surface area contributed by atoms with Crippen LogP contribution in [0.5, 0.6) is 0 Å². The molecule has 0 radical (unpaired) electrons. The van der Waals surface area contributed by atoms with Crippen molar-refractivity contribution in [2.75, 3.05) is 36.6 Å². The highest BCUT2D eigenvalue weighted by atomic mass is 32.2. The number of rotatable bonds is 7. The van der Waals surface area contributed by atoms with Crippen LogP contribution < -0.4 is 21.5 Å². The van der Waals surface area contributed by atoms with Gasteiger partial charge in [0.15, 0.2) is 9.84 Å². The molecule has 16 heteroatoms. The van der Waals surface area contributed by atoms with Crippen LogP contribution in [0.1, 0.15) is 16.1 Å². The Labute approximate surface area is 249 Å². The second-order valence-electron chi connectivity index (χ2n) is 10.3. The summed E-state index contributed by atoms with van der Waals surface area (Å²) in [4.78, 5) is 56.6. The van der Waals surface area contributed by atoms with E-state index in [-0.39, 0.29) is 42.3 Å². The van der Waals surface area contributed by atoms with Gasteiger partial charge in [-0.1, -0.05) is 0 Å². The van der Waals surface area contributed by atoms with E-state index >= 15 is 8.78 Å². The van der Waals surface area contributed by atoms with Crippen LogP contribution in [0.2, 0.25) is 0 Å². The molecule has 0 bridgehead atoms. The van der Waals surface area contributed by atoms with Crippen molar-refractivity contribution in [2.45, 2.75) is 12.5 Å². The van der Waals surface area contributed by atoms with Gasteiger partial charge in [0.25, 0.3) is 11.5 Å². The second-order valence-corrected chi connectivity index (χ2v) is 12.6. The van der Waals surface area contributed by atoms with Crippen molar-refractivity contribution in [1.82, 2.24) is 23.8 Å². The van der Waals surface area contributed by atoms with Crippen molar-refractivity contribution in [2.24, 2.45) is 14.1 Å². The lowest BCUT2D eigenvalue weighted by Crippen LogP contribution is -2.44. The van der Waals surface area contributed by atoms with Gasteiger partial charge in [-0.2, -0.15) is 0 Å². The molecule has 1 aliphatic rings. The van der Waals surface area contributed by atoms with Crippen molar-refractivity contribution in [1.29, 1.82) is 0 Å². The molecule has 0 spiro atoms. The predicted molar refractivity (Wildman–Crippen MR) is 155 cm³/mol. The number of nitrogens with zero attached hydrogens (tertiary/aromatic N) is 5. The Balaban J connectivity index is 1.43. The van der Waals surface area contributed by atoms with Crippen molar-refractivity contribution in [3.05, 3.63) is 86.6 Å². The zero-order chi connectivity index (χ0) is 31.9. The number of imidazole rings is 1. The molecule has 0 unspecified atom stereocenters. The SMILES string of the molecule is COC(=O)[C@H](Cc1ccc(-c2cn(C)c(=O)n(C)c2=O)c2nccn12)NC(=O)c1c(F)cc(N2CCS(=O)(=O)CC2)cc1F. The molecular weight excluding hydrogens is 602 g/mol. The van der Waals surface area contributed by atoms with Crippen LogP contribution in [-0.2, 0) is 39.9 Å². The maximum atomic E-state index is 15.1. The van der Waals surface area contributed by atoms with Gasteiger partial charge in [0.1, 0.15) is 28.9 Å². The van der Waals surface area contributed by atoms with Gasteiger partial charge >= 0.3 is 11.7 Å². The smallest absolute Gasteiger partial charge is 0.330 e. The summed E-state index contributed by atoms with van der Waals surface area (Å²) in [5.74, 6) is -4.77. The molecule has 0 saturated carbocycles. The Morgan fingerprint density at radius 1 is 1.07 bits per heavy atom. The predicted octanol–water partition coefficient (Wildman–Crippen LogP) is 0.426. The first-order valence-corrected chi connectivity index (χ1v) is 15.2. The number of sulfone groups is 1. The number of esters is 1. The summed E-state index contributed by atoms with van der Waals surface area (Å²) in [5.41, 5.74) is -0.490. The van der Waals surface area contributed by atoms with E-state index in [1.807, 2.05) is 0 Å². The Bertz CT molecular complexity index is 2000. The number of amides is 1. The monoisotopic (exact) mass is 630 g/mol. The molecule has 5 rings (SSSR count). The highest BCUT2D eigenvalue weighted by molar-refractivity contribution is 7.91. The summed E-state index contributed by atoms with van der Waals surface area (Å²) < 4.78 is 62.2. The van der Waals surface area contributed by atoms with Crippen LogP contribution in [0.3, 0.4) is 0 Å². The number of nitrogens with one attached hydrogen (secondary N) is 1. The van der Waals surface area contributed by atoms with Gasteiger partial charge in [-0.25, -0.2) is 31.8 Å². The lowest BCUT2D eigenvalue weighted by molar-refractivity contribution is -0.142. The van der Waals surface area contributed by atoms with Crippen LogP contribution in [0.25, 0.3) is 16.8 Å². The summed E-state index contributed by atoms with van der Waals surface area (Å²) in [5, 5.41) is 2.35. The molecule has 4 aromatic rings. The molecule has 44 heavy (non-hydrogen) atoms. The van der Waals surface area contributed by atoms with E-state index in [1.165, 1.54) is 36.0 Å². The van der Waals surface area contributed by atoms with Crippen molar-refractivity contribution < 1.29 is 31.5 Å². The maximum absolute atomic E-state index is 15.1. The van der Waals surface area contributed by atoms with Crippen molar-refractivity contribution in [3.8, 4) is 11.1 Å². The first-order valence-electron chi connectivity index (χ1n) is 13.4. The molecular formula is C28H28F2N6O7S. The third-order valence-electron chi connectivity index (χ3n) is 7.54. The maximum Gasteiger partial charge on any atom is 0.330 e. The molecule has 0 aliphatic carbocycles. The van der Waals surface area contributed by atoms with E-state index in [9.17, 15) is 27.6 Å². The lowest BCUT2D eigenvalue weighted by atomic mass is 10.1. The molecule has 1 saturated heterocycles. The summed E-state index contributed by atoms with van der Waals surface area (Å²) in [7, 11) is 0.741. The standard InChI is InChI=1S/C28H28F2N6O7S/c1-33-15-19(26(38)34(2)28(33)40)18-5-4-16(36-7-6-31-24(18)36)14-22(27(39)43-3)32-25(37)23-20(29)12-17(13-21(23)30)35-8-10-44(41,42)11-9-35/h4-7,12-13,15,22H,8-11,14H2,1-3H3,(H,32,37)/t22-/m0/s1. The second kappa shape index (κ2) is 11.7. The Morgan fingerprint density at radius 3 is 2.36 bits per heavy atom. The molecule has 1 fully saturated rings. The molecule has 1 atom stereocenters. The summed E-state index contributed by atoms with van der Waals surface area (Å²) in [6.07, 6.45) is 4.25. The van der Waals surface area contributed by atoms with Gasteiger partial charge in [-0.15, -0.1) is 0 Å². The van der Waals surface area contributed by atoms with Crippen LogP contribution in [0, 0.1) is 11.6 Å². The Kier molecular flexibility index (Phi) is 8.11. The number of methoxy groups -OCH3 is 1. The van der Waals surface area contributed by atoms with Gasteiger partial charge < -0.3 is 23.9 Å². The minimum Gasteiger partial charge on any atom is -0.467 e. The quantitative estimate of drug-likeness (QED) is 0.286. The average Bonchev–Trinajstić information content (AvgIpc) is 3.48. The molecule has 13 nitrogen and oxygen atoms in total. The zero-order valence-corrected chi connectivity index (χ0v) is 24.7. The number of aromatic nitrogens is 4. The summed E-state index contributed by atoms with van der Waals surface area (Å²) >= 11 is 0. The van der Waals surface area contributed by atoms with E-state index in [1.54, 1.807) is 22.7 Å². The molecule has 3 aromatic heterocycles. The number of hydrogen-bond acceptors (Lipinski definition) is 9. The Hall–Kier alpha value is -4.86. The fourth-order valence-corrected chi connectivity index (χ4v) is 6.34. The van der Waals surface area contributed by atoms with E-state index in [0.717, 1.165) is 23.8 Å². The first-order chi connectivity index (χ1) is 20.8. The number of carbonyl (C=O) groups excluding carboxylic acids is 2. The number of fused-ring (bicyclic) bond motifs is 1. The van der Waals surface area contributed by atoms with E-state index < -0.39 is 56.2 Å². The summed E-state index contributed by atoms with van der Waals surface area (Å²) in [6.45, 7) is 0.102. The van der Waals surface area contributed by atoms with Crippen LogP contribution in [0.15, 0.2) is 52.4 Å². The van der Waals surface area contributed by atoms with Crippen LogP contribution >= 0.6 is 0 Å². The number of hydrogen-bond donors (Lipinski definition) is 1. The molecule has 1 aromatic carbocycles. The highest BCUT2D eigenvalue weighted by Gasteiger charge is 2.29. The van der Waals surface area contributed by atoms with Gasteiger partial charge in [-0.3, -0.25) is 14.2 Å². The highest BCUT2D eigenvalue weighted by Crippen LogP contribution is 2.25. The van der Waals surface area contributed by atoms with Crippen LogP contribution in [-0.4, -0.2) is 76.6 Å². The third kappa shape index (κ3) is 5.71.